The average molecular weight is 484 g/mol. The summed E-state index contributed by atoms with van der Waals surface area (Å²) in [6.07, 6.45) is 2.43. The predicted octanol–water partition coefficient (Wildman–Crippen LogP) is 3.76. The molecule has 1 aliphatic heterocycles. The minimum absolute atomic E-state index is 0. The fraction of sp³-hybridized carbons (Fsp3) is 0.333. The second kappa shape index (κ2) is 8.83. The number of aliphatic imine (C=N–C) groups is 1. The van der Waals surface area contributed by atoms with Gasteiger partial charge in [-0.15, -0.1) is 35.3 Å². The Hall–Kier alpha value is -1.65. The van der Waals surface area contributed by atoms with E-state index in [4.69, 9.17) is 14.9 Å². The lowest BCUT2D eigenvalue weighted by molar-refractivity contribution is 0.114. The summed E-state index contributed by atoms with van der Waals surface area (Å²) in [5.74, 6) is 1.93. The number of fused-ring (bicyclic) bond motifs is 1. The minimum Gasteiger partial charge on any atom is -0.457 e. The lowest BCUT2D eigenvalue weighted by Crippen LogP contribution is -2.37. The quantitative estimate of drug-likeness (QED) is 0.327. The van der Waals surface area contributed by atoms with E-state index in [0.29, 0.717) is 19.0 Å². The smallest absolute Gasteiger partial charge is 0.189 e. The molecule has 8 heteroatoms. The van der Waals surface area contributed by atoms with Crippen LogP contribution in [-0.4, -0.2) is 30.2 Å². The predicted molar refractivity (Wildman–Crippen MR) is 115 cm³/mol. The molecule has 138 valence electrons. The summed E-state index contributed by atoms with van der Waals surface area (Å²) in [5.41, 5.74) is 6.89. The van der Waals surface area contributed by atoms with Crippen molar-refractivity contribution in [2.24, 2.45) is 10.7 Å². The number of halogens is 1. The Morgan fingerprint density at radius 3 is 3.00 bits per heavy atom. The van der Waals surface area contributed by atoms with Gasteiger partial charge in [0.2, 0.25) is 0 Å². The van der Waals surface area contributed by atoms with Gasteiger partial charge in [0.05, 0.1) is 16.3 Å². The van der Waals surface area contributed by atoms with Gasteiger partial charge < -0.3 is 20.2 Å². The number of para-hydroxylation sites is 1. The normalized spacial score (nSPS) is 17.4. The zero-order chi connectivity index (χ0) is 17.1. The Labute approximate surface area is 172 Å². The largest absolute Gasteiger partial charge is 0.457 e. The molecule has 0 aliphatic carbocycles. The van der Waals surface area contributed by atoms with Gasteiger partial charge >= 0.3 is 0 Å². The molecule has 1 aliphatic rings. The number of guanidine groups is 1. The van der Waals surface area contributed by atoms with Crippen molar-refractivity contribution in [2.45, 2.75) is 25.5 Å². The number of nitrogens with two attached hydrogens (primary N) is 1. The summed E-state index contributed by atoms with van der Waals surface area (Å²) in [6.45, 7) is 1.93. The van der Waals surface area contributed by atoms with Crippen molar-refractivity contribution in [3.8, 4) is 10.8 Å². The van der Waals surface area contributed by atoms with Crippen LogP contribution in [0.1, 0.15) is 18.6 Å². The highest BCUT2D eigenvalue weighted by Gasteiger charge is 2.15. The molecule has 1 saturated heterocycles. The number of hydrogen-bond acceptors (Lipinski definition) is 5. The maximum Gasteiger partial charge on any atom is 0.189 e. The van der Waals surface area contributed by atoms with Crippen LogP contribution >= 0.6 is 35.3 Å². The highest BCUT2D eigenvalue weighted by atomic mass is 127. The van der Waals surface area contributed by atoms with E-state index in [1.54, 1.807) is 11.3 Å². The van der Waals surface area contributed by atoms with Crippen molar-refractivity contribution in [1.29, 1.82) is 0 Å². The van der Waals surface area contributed by atoms with Crippen LogP contribution in [-0.2, 0) is 11.3 Å². The molecular weight excluding hydrogens is 463 g/mol. The molecule has 0 amide bonds. The number of hydrogen-bond donors (Lipinski definition) is 2. The standard InChI is InChI=1S/C18H20N4O2S.HI/c19-18(20-10-12-4-3-9-23-12)21-11-13-7-8-15(24-13)17-22-14-5-1-2-6-16(14)25-17;/h1-2,5-8,12H,3-4,9-11H2,(H3,19,20,21);1H. The van der Waals surface area contributed by atoms with Crippen molar-refractivity contribution >= 4 is 51.5 Å². The van der Waals surface area contributed by atoms with Crippen LogP contribution in [0.2, 0.25) is 0 Å². The molecule has 3 aromatic rings. The van der Waals surface area contributed by atoms with E-state index in [2.05, 4.69) is 21.4 Å². The third-order valence-electron chi connectivity index (χ3n) is 4.11. The van der Waals surface area contributed by atoms with Crippen LogP contribution in [0.4, 0.5) is 0 Å². The van der Waals surface area contributed by atoms with Crippen molar-refractivity contribution in [2.75, 3.05) is 13.2 Å². The van der Waals surface area contributed by atoms with E-state index in [1.807, 2.05) is 30.3 Å². The number of nitrogens with zero attached hydrogens (tertiary/aromatic N) is 2. The van der Waals surface area contributed by atoms with Gasteiger partial charge in [-0.2, -0.15) is 0 Å². The summed E-state index contributed by atoms with van der Waals surface area (Å²) in [4.78, 5) is 8.93. The Bertz CT molecular complexity index is 853. The number of rotatable bonds is 5. The van der Waals surface area contributed by atoms with Crippen LogP contribution in [0.15, 0.2) is 45.8 Å². The zero-order valence-corrected chi connectivity index (χ0v) is 17.3. The van der Waals surface area contributed by atoms with E-state index in [0.717, 1.165) is 46.2 Å². The molecule has 1 aromatic carbocycles. The lowest BCUT2D eigenvalue weighted by Gasteiger charge is -2.10. The Morgan fingerprint density at radius 1 is 1.31 bits per heavy atom. The molecule has 2 aromatic heterocycles. The van der Waals surface area contributed by atoms with Gasteiger partial charge in [-0.25, -0.2) is 9.98 Å². The molecular formula is C18H21IN4O2S. The maximum absolute atomic E-state index is 5.90. The summed E-state index contributed by atoms with van der Waals surface area (Å²) >= 11 is 1.62. The van der Waals surface area contributed by atoms with E-state index in [-0.39, 0.29) is 30.1 Å². The molecule has 1 unspecified atom stereocenters. The van der Waals surface area contributed by atoms with Gasteiger partial charge in [-0.3, -0.25) is 0 Å². The number of thiazole rings is 1. The van der Waals surface area contributed by atoms with Crippen molar-refractivity contribution in [3.05, 3.63) is 42.2 Å². The topological polar surface area (TPSA) is 85.7 Å². The van der Waals surface area contributed by atoms with E-state index < -0.39 is 0 Å². The number of furan rings is 1. The van der Waals surface area contributed by atoms with Crippen LogP contribution in [0.3, 0.4) is 0 Å². The molecule has 6 nitrogen and oxygen atoms in total. The first kappa shape index (κ1) is 19.1. The third-order valence-corrected chi connectivity index (χ3v) is 5.16. The molecule has 0 bridgehead atoms. The van der Waals surface area contributed by atoms with Crippen LogP contribution in [0, 0.1) is 0 Å². The molecule has 0 saturated carbocycles. The fourth-order valence-corrected chi connectivity index (χ4v) is 3.73. The molecule has 3 heterocycles. The number of ether oxygens (including phenoxy) is 1. The highest BCUT2D eigenvalue weighted by Crippen LogP contribution is 2.31. The Kier molecular flexibility index (Phi) is 6.49. The first-order chi connectivity index (χ1) is 12.3. The van der Waals surface area contributed by atoms with Crippen molar-refractivity contribution < 1.29 is 9.15 Å². The molecule has 0 radical (unpaired) electrons. The van der Waals surface area contributed by atoms with Gasteiger partial charge in [0.25, 0.3) is 0 Å². The van der Waals surface area contributed by atoms with Crippen LogP contribution < -0.4 is 11.1 Å². The number of benzene rings is 1. The number of nitrogens with one attached hydrogen (secondary N) is 1. The third kappa shape index (κ3) is 4.54. The van der Waals surface area contributed by atoms with Crippen molar-refractivity contribution in [1.82, 2.24) is 10.3 Å². The van der Waals surface area contributed by atoms with Gasteiger partial charge in [0.15, 0.2) is 16.7 Å². The van der Waals surface area contributed by atoms with Gasteiger partial charge in [-0.1, -0.05) is 12.1 Å². The second-order valence-corrected chi connectivity index (χ2v) is 7.00. The minimum atomic E-state index is 0. The molecule has 4 rings (SSSR count). The Morgan fingerprint density at radius 2 is 2.19 bits per heavy atom. The fourth-order valence-electron chi connectivity index (χ4n) is 2.80. The summed E-state index contributed by atoms with van der Waals surface area (Å²) in [5, 5.41) is 3.98. The van der Waals surface area contributed by atoms with Crippen molar-refractivity contribution in [3.63, 3.8) is 0 Å². The zero-order valence-electron chi connectivity index (χ0n) is 14.2. The van der Waals surface area contributed by atoms with E-state index >= 15 is 0 Å². The summed E-state index contributed by atoms with van der Waals surface area (Å²) in [7, 11) is 0. The average Bonchev–Trinajstić information content (AvgIpc) is 3.38. The first-order valence-electron chi connectivity index (χ1n) is 8.38. The number of aromatic nitrogens is 1. The van der Waals surface area contributed by atoms with E-state index in [9.17, 15) is 0 Å². The van der Waals surface area contributed by atoms with E-state index in [1.165, 1.54) is 0 Å². The maximum atomic E-state index is 5.90. The van der Waals surface area contributed by atoms with Crippen LogP contribution in [0.25, 0.3) is 21.0 Å². The van der Waals surface area contributed by atoms with Gasteiger partial charge in [-0.05, 0) is 37.1 Å². The highest BCUT2D eigenvalue weighted by molar-refractivity contribution is 14.0. The summed E-state index contributed by atoms with van der Waals surface area (Å²) in [6, 6.07) is 11.9. The first-order valence-corrected chi connectivity index (χ1v) is 9.19. The monoisotopic (exact) mass is 484 g/mol. The molecule has 26 heavy (non-hydrogen) atoms. The van der Waals surface area contributed by atoms with Gasteiger partial charge in [0.1, 0.15) is 12.3 Å². The molecule has 1 fully saturated rings. The van der Waals surface area contributed by atoms with Crippen LogP contribution in [0.5, 0.6) is 0 Å². The molecule has 3 N–H and O–H groups in total. The molecule has 1 atom stereocenters. The second-order valence-electron chi connectivity index (χ2n) is 5.97. The lowest BCUT2D eigenvalue weighted by atomic mass is 10.2. The molecule has 0 spiro atoms. The Balaban J connectivity index is 0.00000196. The van der Waals surface area contributed by atoms with Gasteiger partial charge in [0, 0.05) is 13.2 Å². The SMILES string of the molecule is I.NC(=NCc1ccc(-c2nc3ccccc3s2)o1)NCC1CCCO1. The summed E-state index contributed by atoms with van der Waals surface area (Å²) < 4.78 is 12.6.